The molecule has 0 spiro atoms. The Balaban J connectivity index is 1.47. The van der Waals surface area contributed by atoms with Crippen LogP contribution in [0.1, 0.15) is 29.5 Å². The maximum absolute atomic E-state index is 13.3. The molecule has 1 saturated heterocycles. The van der Waals surface area contributed by atoms with Crippen LogP contribution in [0, 0.1) is 5.92 Å². The van der Waals surface area contributed by atoms with Crippen LogP contribution in [0.4, 0.5) is 0 Å². The van der Waals surface area contributed by atoms with Crippen LogP contribution in [0.15, 0.2) is 54.6 Å². The molecule has 4 nitrogen and oxygen atoms in total. The molecule has 0 aromatic heterocycles. The highest BCUT2D eigenvalue weighted by molar-refractivity contribution is 5.79. The molecule has 4 rings (SSSR count). The molecule has 0 saturated carbocycles. The number of hydrogen-bond acceptors (Lipinski definition) is 3. The molecule has 1 amide bonds. The second kappa shape index (κ2) is 8.06. The summed E-state index contributed by atoms with van der Waals surface area (Å²) >= 11 is 0. The average Bonchev–Trinajstić information content (AvgIpc) is 2.96. The molecule has 1 N–H and O–H groups in total. The van der Waals surface area contributed by atoms with Crippen LogP contribution in [-0.4, -0.2) is 49.4 Å². The number of nitrogens with one attached hydrogen (secondary N) is 1. The van der Waals surface area contributed by atoms with E-state index in [1.54, 1.807) is 0 Å². The quantitative estimate of drug-likeness (QED) is 0.893. The van der Waals surface area contributed by atoms with E-state index in [0.29, 0.717) is 5.91 Å². The topological polar surface area (TPSA) is 35.6 Å². The summed E-state index contributed by atoms with van der Waals surface area (Å²) in [6.07, 6.45) is 2.80. The van der Waals surface area contributed by atoms with E-state index in [9.17, 15) is 4.79 Å². The van der Waals surface area contributed by atoms with E-state index in [2.05, 4.69) is 83.8 Å². The molecule has 1 unspecified atom stereocenters. The fourth-order valence-corrected chi connectivity index (χ4v) is 4.92. The number of likely N-dealkylation sites (tertiary alicyclic amines) is 1. The third-order valence-corrected chi connectivity index (χ3v) is 6.71. The Bertz CT molecular complexity index is 810. The minimum Gasteiger partial charge on any atom is -0.342 e. The summed E-state index contributed by atoms with van der Waals surface area (Å²) in [4.78, 5) is 17.7. The third kappa shape index (κ3) is 3.59. The SMILES string of the molecule is CN(C)C1(c2ccccc2)CCN(C(=O)C2CNCc3ccccc3C2)CC1. The van der Waals surface area contributed by atoms with E-state index in [1.165, 1.54) is 16.7 Å². The van der Waals surface area contributed by atoms with Gasteiger partial charge >= 0.3 is 0 Å². The average molecular weight is 378 g/mol. The molecule has 2 aliphatic rings. The summed E-state index contributed by atoms with van der Waals surface area (Å²) < 4.78 is 0. The Hall–Kier alpha value is -2.17. The van der Waals surface area contributed by atoms with Crippen LogP contribution >= 0.6 is 0 Å². The van der Waals surface area contributed by atoms with Gasteiger partial charge in [-0.05, 0) is 50.0 Å². The highest BCUT2D eigenvalue weighted by Gasteiger charge is 2.40. The summed E-state index contributed by atoms with van der Waals surface area (Å²) in [5, 5.41) is 3.48. The molecule has 148 valence electrons. The molecule has 28 heavy (non-hydrogen) atoms. The van der Waals surface area contributed by atoms with Crippen molar-refractivity contribution in [2.24, 2.45) is 5.92 Å². The largest absolute Gasteiger partial charge is 0.342 e. The molecule has 2 heterocycles. The van der Waals surface area contributed by atoms with Gasteiger partial charge in [-0.2, -0.15) is 0 Å². The second-order valence-electron chi connectivity index (χ2n) is 8.42. The van der Waals surface area contributed by atoms with Gasteiger partial charge in [0, 0.05) is 31.7 Å². The monoisotopic (exact) mass is 377 g/mol. The first-order valence-corrected chi connectivity index (χ1v) is 10.4. The Morgan fingerprint density at radius 1 is 1.00 bits per heavy atom. The van der Waals surface area contributed by atoms with E-state index in [1.807, 2.05) is 0 Å². The maximum atomic E-state index is 13.3. The van der Waals surface area contributed by atoms with E-state index >= 15 is 0 Å². The van der Waals surface area contributed by atoms with E-state index in [4.69, 9.17) is 0 Å². The van der Waals surface area contributed by atoms with Gasteiger partial charge in [0.2, 0.25) is 5.91 Å². The Labute approximate surface area is 168 Å². The zero-order chi connectivity index (χ0) is 19.6. The van der Waals surface area contributed by atoms with Crippen LogP contribution in [-0.2, 0) is 23.3 Å². The van der Waals surface area contributed by atoms with Gasteiger partial charge in [0.15, 0.2) is 0 Å². The molecule has 2 aromatic rings. The second-order valence-corrected chi connectivity index (χ2v) is 8.42. The van der Waals surface area contributed by atoms with E-state index < -0.39 is 0 Å². The number of fused-ring (bicyclic) bond motifs is 1. The van der Waals surface area contributed by atoms with E-state index in [0.717, 1.165) is 45.4 Å². The van der Waals surface area contributed by atoms with Crippen LogP contribution in [0.25, 0.3) is 0 Å². The van der Waals surface area contributed by atoms with Gasteiger partial charge < -0.3 is 10.2 Å². The first-order valence-electron chi connectivity index (χ1n) is 10.4. The smallest absolute Gasteiger partial charge is 0.227 e. The maximum Gasteiger partial charge on any atom is 0.227 e. The lowest BCUT2D eigenvalue weighted by atomic mass is 9.79. The highest BCUT2D eigenvalue weighted by atomic mass is 16.2. The minimum absolute atomic E-state index is 0.0202. The third-order valence-electron chi connectivity index (χ3n) is 6.71. The van der Waals surface area contributed by atoms with Crippen LogP contribution in [0.2, 0.25) is 0 Å². The van der Waals surface area contributed by atoms with Crippen LogP contribution < -0.4 is 5.32 Å². The number of piperidine rings is 1. The van der Waals surface area contributed by atoms with Gasteiger partial charge in [0.1, 0.15) is 0 Å². The number of amides is 1. The van der Waals surface area contributed by atoms with Gasteiger partial charge in [-0.15, -0.1) is 0 Å². The van der Waals surface area contributed by atoms with Crippen molar-refractivity contribution in [3.63, 3.8) is 0 Å². The van der Waals surface area contributed by atoms with Crippen molar-refractivity contribution in [2.75, 3.05) is 33.7 Å². The number of carbonyl (C=O) groups excluding carboxylic acids is 1. The molecule has 0 aliphatic carbocycles. The van der Waals surface area contributed by atoms with Crippen molar-refractivity contribution in [1.29, 1.82) is 0 Å². The fraction of sp³-hybridized carbons (Fsp3) is 0.458. The summed E-state index contributed by atoms with van der Waals surface area (Å²) in [5.74, 6) is 0.344. The summed E-state index contributed by atoms with van der Waals surface area (Å²) in [5.41, 5.74) is 4.02. The first kappa shape index (κ1) is 19.2. The number of hydrogen-bond donors (Lipinski definition) is 1. The number of nitrogens with zero attached hydrogens (tertiary/aromatic N) is 2. The summed E-state index contributed by atoms with van der Waals surface area (Å²) in [6.45, 7) is 3.27. The molecule has 2 aliphatic heterocycles. The molecule has 0 radical (unpaired) electrons. The predicted octanol–water partition coefficient (Wildman–Crippen LogP) is 3.03. The molecule has 0 bridgehead atoms. The Morgan fingerprint density at radius 2 is 1.64 bits per heavy atom. The van der Waals surface area contributed by atoms with Crippen molar-refractivity contribution in [2.45, 2.75) is 31.3 Å². The van der Waals surface area contributed by atoms with Crippen molar-refractivity contribution in [3.05, 3.63) is 71.3 Å². The van der Waals surface area contributed by atoms with Gasteiger partial charge in [0.25, 0.3) is 0 Å². The van der Waals surface area contributed by atoms with Crippen molar-refractivity contribution in [3.8, 4) is 0 Å². The number of benzene rings is 2. The first-order chi connectivity index (χ1) is 13.6. The summed E-state index contributed by atoms with van der Waals surface area (Å²) in [6, 6.07) is 19.3. The van der Waals surface area contributed by atoms with Crippen molar-refractivity contribution >= 4 is 5.91 Å². The fourth-order valence-electron chi connectivity index (χ4n) is 4.92. The van der Waals surface area contributed by atoms with Gasteiger partial charge in [-0.1, -0.05) is 54.6 Å². The molecule has 1 atom stereocenters. The van der Waals surface area contributed by atoms with Crippen molar-refractivity contribution < 1.29 is 4.79 Å². The standard InChI is InChI=1S/C24H31N3O/c1-26(2)24(22-10-4-3-5-11-22)12-14-27(15-13-24)23(28)21-16-19-8-6-7-9-20(19)17-25-18-21/h3-11,21,25H,12-18H2,1-2H3. The van der Waals surface area contributed by atoms with Gasteiger partial charge in [0.05, 0.1) is 5.92 Å². The Kier molecular flexibility index (Phi) is 5.51. The van der Waals surface area contributed by atoms with E-state index in [-0.39, 0.29) is 11.5 Å². The lowest BCUT2D eigenvalue weighted by Crippen LogP contribution is -2.53. The zero-order valence-electron chi connectivity index (χ0n) is 17.0. The molecule has 2 aromatic carbocycles. The molecule has 1 fully saturated rings. The van der Waals surface area contributed by atoms with Crippen LogP contribution in [0.5, 0.6) is 0 Å². The molecular weight excluding hydrogens is 346 g/mol. The predicted molar refractivity (Wildman–Crippen MR) is 113 cm³/mol. The molecule has 4 heteroatoms. The van der Waals surface area contributed by atoms with Crippen molar-refractivity contribution in [1.82, 2.24) is 15.1 Å². The van der Waals surface area contributed by atoms with Gasteiger partial charge in [-0.3, -0.25) is 9.69 Å². The summed E-state index contributed by atoms with van der Waals surface area (Å²) in [7, 11) is 4.33. The van der Waals surface area contributed by atoms with Gasteiger partial charge in [-0.25, -0.2) is 0 Å². The Morgan fingerprint density at radius 3 is 2.32 bits per heavy atom. The lowest BCUT2D eigenvalue weighted by molar-refractivity contribution is -0.138. The number of rotatable bonds is 3. The zero-order valence-corrected chi connectivity index (χ0v) is 17.0. The highest BCUT2D eigenvalue weighted by Crippen LogP contribution is 2.37. The minimum atomic E-state index is 0.0202. The van der Waals surface area contributed by atoms with Crippen LogP contribution in [0.3, 0.4) is 0 Å². The molecular formula is C24H31N3O. The number of carbonyl (C=O) groups is 1. The lowest BCUT2D eigenvalue weighted by Gasteiger charge is -2.47. The normalized spacial score (nSPS) is 21.8.